The third kappa shape index (κ3) is 3.86. The molecule has 148 valence electrons. The Balaban J connectivity index is 1.41. The summed E-state index contributed by atoms with van der Waals surface area (Å²) in [6.07, 6.45) is 3.15. The van der Waals surface area contributed by atoms with E-state index in [-0.39, 0.29) is 17.2 Å². The van der Waals surface area contributed by atoms with Crippen LogP contribution in [0.15, 0.2) is 60.8 Å². The predicted octanol–water partition coefficient (Wildman–Crippen LogP) is 4.67. The second-order valence-electron chi connectivity index (χ2n) is 8.16. The van der Waals surface area contributed by atoms with Crippen LogP contribution in [-0.4, -0.2) is 23.3 Å². The number of rotatable bonds is 5. The van der Waals surface area contributed by atoms with Crippen LogP contribution in [0.4, 0.5) is 11.4 Å². The lowest BCUT2D eigenvalue weighted by molar-refractivity contribution is -0.120. The molecule has 1 aliphatic rings. The van der Waals surface area contributed by atoms with E-state index in [0.29, 0.717) is 31.5 Å². The first-order chi connectivity index (χ1) is 14.0. The second-order valence-corrected chi connectivity index (χ2v) is 8.16. The van der Waals surface area contributed by atoms with E-state index in [2.05, 4.69) is 30.2 Å². The molecule has 0 aliphatic carbocycles. The quantitative estimate of drug-likeness (QED) is 0.692. The second kappa shape index (κ2) is 7.66. The molecule has 0 saturated heterocycles. The third-order valence-electron chi connectivity index (χ3n) is 5.51. The molecule has 4 rings (SSSR count). The van der Waals surface area contributed by atoms with Crippen molar-refractivity contribution in [3.63, 3.8) is 0 Å². The first-order valence-corrected chi connectivity index (χ1v) is 9.99. The maximum atomic E-state index is 12.7. The van der Waals surface area contributed by atoms with Crippen molar-refractivity contribution in [1.29, 1.82) is 0 Å². The minimum absolute atomic E-state index is 0.0683. The number of pyridine rings is 1. The van der Waals surface area contributed by atoms with Crippen LogP contribution in [0.3, 0.4) is 0 Å². The number of para-hydroxylation sites is 2. The van der Waals surface area contributed by atoms with E-state index in [1.807, 2.05) is 53.4 Å². The molecule has 0 bridgehead atoms. The molecule has 29 heavy (non-hydrogen) atoms. The van der Waals surface area contributed by atoms with Crippen molar-refractivity contribution >= 4 is 34.1 Å². The highest BCUT2D eigenvalue weighted by Crippen LogP contribution is 2.40. The lowest BCUT2D eigenvalue weighted by atomic mass is 9.77. The van der Waals surface area contributed by atoms with Crippen LogP contribution in [0.2, 0.25) is 0 Å². The summed E-state index contributed by atoms with van der Waals surface area (Å²) in [6.45, 7) is 4.74. The van der Waals surface area contributed by atoms with Crippen molar-refractivity contribution in [3.05, 3.63) is 66.4 Å². The maximum absolute atomic E-state index is 12.7. The highest BCUT2D eigenvalue weighted by molar-refractivity contribution is 6.00. The minimum atomic E-state index is -0.164. The van der Waals surface area contributed by atoms with Crippen LogP contribution >= 0.6 is 0 Å². The van der Waals surface area contributed by atoms with Gasteiger partial charge in [-0.2, -0.15) is 0 Å². The third-order valence-corrected chi connectivity index (χ3v) is 5.51. The summed E-state index contributed by atoms with van der Waals surface area (Å²) in [6, 6.07) is 17.6. The van der Waals surface area contributed by atoms with E-state index in [1.165, 1.54) is 5.56 Å². The van der Waals surface area contributed by atoms with Gasteiger partial charge < -0.3 is 10.2 Å². The molecule has 2 heterocycles. The Labute approximate surface area is 170 Å². The molecule has 0 spiro atoms. The van der Waals surface area contributed by atoms with Crippen LogP contribution in [0.1, 0.15) is 38.7 Å². The van der Waals surface area contributed by atoms with Gasteiger partial charge in [0.15, 0.2) is 0 Å². The molecule has 5 heteroatoms. The lowest BCUT2D eigenvalue weighted by Gasteiger charge is -2.38. The fourth-order valence-electron chi connectivity index (χ4n) is 4.05. The summed E-state index contributed by atoms with van der Waals surface area (Å²) in [5.41, 5.74) is 3.49. The molecular formula is C24H25N3O2. The molecule has 0 unspecified atom stereocenters. The molecule has 3 aromatic rings. The molecule has 1 aromatic heterocycles. The van der Waals surface area contributed by atoms with E-state index in [9.17, 15) is 9.59 Å². The van der Waals surface area contributed by atoms with Gasteiger partial charge in [0.1, 0.15) is 0 Å². The van der Waals surface area contributed by atoms with Gasteiger partial charge in [-0.25, -0.2) is 0 Å². The van der Waals surface area contributed by atoms with Crippen molar-refractivity contribution in [2.24, 2.45) is 0 Å². The number of amides is 2. The molecule has 0 saturated carbocycles. The smallest absolute Gasteiger partial charge is 0.227 e. The highest BCUT2D eigenvalue weighted by Gasteiger charge is 2.35. The molecule has 1 aliphatic heterocycles. The number of anilines is 2. The predicted molar refractivity (Wildman–Crippen MR) is 116 cm³/mol. The number of benzene rings is 2. The van der Waals surface area contributed by atoms with Crippen LogP contribution in [-0.2, 0) is 15.0 Å². The average Bonchev–Trinajstić information content (AvgIpc) is 2.70. The average molecular weight is 387 g/mol. The van der Waals surface area contributed by atoms with E-state index in [1.54, 1.807) is 6.20 Å². The summed E-state index contributed by atoms with van der Waals surface area (Å²) in [7, 11) is 0. The van der Waals surface area contributed by atoms with Gasteiger partial charge in [0.25, 0.3) is 0 Å². The fourth-order valence-corrected chi connectivity index (χ4v) is 4.05. The first kappa shape index (κ1) is 19.1. The van der Waals surface area contributed by atoms with Gasteiger partial charge in [-0.05, 0) is 30.2 Å². The van der Waals surface area contributed by atoms with Gasteiger partial charge in [-0.3, -0.25) is 14.6 Å². The van der Waals surface area contributed by atoms with Gasteiger partial charge in [-0.1, -0.05) is 50.2 Å². The minimum Gasteiger partial charge on any atom is -0.324 e. The molecule has 1 N–H and O–H groups in total. The largest absolute Gasteiger partial charge is 0.324 e. The summed E-state index contributed by atoms with van der Waals surface area (Å²) in [4.78, 5) is 31.4. The van der Waals surface area contributed by atoms with Gasteiger partial charge in [0.05, 0.1) is 11.2 Å². The highest BCUT2D eigenvalue weighted by atomic mass is 16.2. The topological polar surface area (TPSA) is 62.3 Å². The molecule has 0 fully saturated rings. The van der Waals surface area contributed by atoms with Crippen molar-refractivity contribution in [2.45, 2.75) is 38.5 Å². The summed E-state index contributed by atoms with van der Waals surface area (Å²) in [5.74, 6) is 0.0496. The zero-order valence-corrected chi connectivity index (χ0v) is 16.8. The van der Waals surface area contributed by atoms with E-state index < -0.39 is 0 Å². The molecule has 2 aromatic carbocycles. The Hall–Kier alpha value is -3.21. The number of carbonyl (C=O) groups excluding carboxylic acids is 2. The number of hydrogen-bond donors (Lipinski definition) is 1. The molecule has 2 amide bonds. The van der Waals surface area contributed by atoms with Crippen LogP contribution in [0.5, 0.6) is 0 Å². The lowest BCUT2D eigenvalue weighted by Crippen LogP contribution is -2.42. The molecule has 5 nitrogen and oxygen atoms in total. The first-order valence-electron chi connectivity index (χ1n) is 9.99. The Morgan fingerprint density at radius 2 is 1.90 bits per heavy atom. The molecular weight excluding hydrogens is 362 g/mol. The number of fused-ring (bicyclic) bond motifs is 2. The normalized spacial score (nSPS) is 15.2. The van der Waals surface area contributed by atoms with Crippen LogP contribution in [0, 0.1) is 0 Å². The Bertz CT molecular complexity index is 1070. The summed E-state index contributed by atoms with van der Waals surface area (Å²) >= 11 is 0. The van der Waals surface area contributed by atoms with Crippen molar-refractivity contribution in [2.75, 3.05) is 16.8 Å². The maximum Gasteiger partial charge on any atom is 0.227 e. The zero-order chi connectivity index (χ0) is 20.4. The number of hydrogen-bond acceptors (Lipinski definition) is 3. The number of nitrogens with zero attached hydrogens (tertiary/aromatic N) is 2. The number of carbonyl (C=O) groups is 2. The standard InChI is InChI=1S/C24H25N3O2/c1-24(2)16-22(29)27(20-12-4-3-10-18(20)24)15-7-13-21(28)26-19-11-5-8-17-9-6-14-25-23(17)19/h3-6,8-12,14H,7,13,15-16H2,1-2H3,(H,26,28). The Morgan fingerprint density at radius 1 is 1.10 bits per heavy atom. The number of nitrogens with one attached hydrogen (secondary N) is 1. The van der Waals surface area contributed by atoms with Gasteiger partial charge in [0.2, 0.25) is 11.8 Å². The van der Waals surface area contributed by atoms with Gasteiger partial charge in [-0.15, -0.1) is 0 Å². The Kier molecular flexibility index (Phi) is 5.05. The van der Waals surface area contributed by atoms with Gasteiger partial charge in [0, 0.05) is 42.1 Å². The van der Waals surface area contributed by atoms with Crippen LogP contribution in [0.25, 0.3) is 10.9 Å². The number of aromatic nitrogens is 1. The van der Waals surface area contributed by atoms with Gasteiger partial charge >= 0.3 is 0 Å². The summed E-state index contributed by atoms with van der Waals surface area (Å²) in [5, 5.41) is 3.95. The molecule has 0 atom stereocenters. The van der Waals surface area contributed by atoms with E-state index >= 15 is 0 Å². The molecule has 0 radical (unpaired) electrons. The van der Waals surface area contributed by atoms with E-state index in [0.717, 1.165) is 16.6 Å². The van der Waals surface area contributed by atoms with Crippen molar-refractivity contribution in [1.82, 2.24) is 4.98 Å². The Morgan fingerprint density at radius 3 is 2.76 bits per heavy atom. The fraction of sp³-hybridized carbons (Fsp3) is 0.292. The SMILES string of the molecule is CC1(C)CC(=O)N(CCCC(=O)Nc2cccc3cccnc23)c2ccccc21. The zero-order valence-electron chi connectivity index (χ0n) is 16.8. The summed E-state index contributed by atoms with van der Waals surface area (Å²) < 4.78 is 0. The van der Waals surface area contributed by atoms with Crippen molar-refractivity contribution < 1.29 is 9.59 Å². The van der Waals surface area contributed by atoms with Crippen LogP contribution < -0.4 is 10.2 Å². The van der Waals surface area contributed by atoms with E-state index in [4.69, 9.17) is 0 Å². The monoisotopic (exact) mass is 387 g/mol. The van der Waals surface area contributed by atoms with Crippen molar-refractivity contribution in [3.8, 4) is 0 Å².